The molecular weight excluding hydrogens is 392 g/mol. The van der Waals surface area contributed by atoms with Crippen LogP contribution in [-0.2, 0) is 33.8 Å². The first-order chi connectivity index (χ1) is 11.9. The van der Waals surface area contributed by atoms with Crippen LogP contribution in [0.4, 0.5) is 0 Å². The van der Waals surface area contributed by atoms with Crippen LogP contribution in [0.25, 0.3) is 10.9 Å². The van der Waals surface area contributed by atoms with E-state index in [4.69, 9.17) is 5.11 Å². The molecule has 0 fully saturated rings. The maximum atomic E-state index is 12.1. The van der Waals surface area contributed by atoms with Crippen LogP contribution in [0.3, 0.4) is 0 Å². The van der Waals surface area contributed by atoms with Gasteiger partial charge in [0.25, 0.3) is 0 Å². The second-order valence-electron chi connectivity index (χ2n) is 6.12. The molecule has 2 aromatic rings. The lowest BCUT2D eigenvalue weighted by Gasteiger charge is -2.21. The highest BCUT2D eigenvalue weighted by atomic mass is 79.9. The van der Waals surface area contributed by atoms with Crippen LogP contribution in [0.2, 0.25) is 0 Å². The number of carboxylic acid groups (broad SMARTS) is 2. The zero-order valence-electron chi connectivity index (χ0n) is 13.3. The van der Waals surface area contributed by atoms with Crippen molar-refractivity contribution in [3.8, 4) is 0 Å². The first-order valence-corrected chi connectivity index (χ1v) is 8.67. The van der Waals surface area contributed by atoms with E-state index < -0.39 is 30.3 Å². The SMILES string of the molecule is O=C(O)CNC(=O)Cn1c2c(c3cc(Br)ccc31)CC[C@@H](C(=O)O)C2. The fourth-order valence-electron chi connectivity index (χ4n) is 3.38. The summed E-state index contributed by atoms with van der Waals surface area (Å²) in [7, 11) is 0. The Hall–Kier alpha value is -2.35. The predicted octanol–water partition coefficient (Wildman–Crippen LogP) is 1.79. The Balaban J connectivity index is 2.01. The van der Waals surface area contributed by atoms with E-state index in [1.54, 1.807) is 0 Å². The molecule has 7 nitrogen and oxygen atoms in total. The van der Waals surface area contributed by atoms with Crippen molar-refractivity contribution in [2.75, 3.05) is 6.54 Å². The monoisotopic (exact) mass is 408 g/mol. The predicted molar refractivity (Wildman–Crippen MR) is 93.4 cm³/mol. The summed E-state index contributed by atoms with van der Waals surface area (Å²) in [6.45, 7) is -0.476. The number of aromatic nitrogens is 1. The minimum Gasteiger partial charge on any atom is -0.481 e. The summed E-state index contributed by atoms with van der Waals surface area (Å²) in [5.41, 5.74) is 2.77. The molecule has 25 heavy (non-hydrogen) atoms. The van der Waals surface area contributed by atoms with Crippen LogP contribution in [0.15, 0.2) is 22.7 Å². The number of aliphatic carboxylic acids is 2. The summed E-state index contributed by atoms with van der Waals surface area (Å²) in [5, 5.41) is 21.4. The molecule has 0 aliphatic heterocycles. The number of hydrogen-bond acceptors (Lipinski definition) is 3. The van der Waals surface area contributed by atoms with Crippen molar-refractivity contribution in [1.82, 2.24) is 9.88 Å². The van der Waals surface area contributed by atoms with E-state index in [1.165, 1.54) is 0 Å². The van der Waals surface area contributed by atoms with E-state index in [-0.39, 0.29) is 6.54 Å². The summed E-state index contributed by atoms with van der Waals surface area (Å²) in [4.78, 5) is 34.1. The van der Waals surface area contributed by atoms with Crippen molar-refractivity contribution in [1.29, 1.82) is 0 Å². The molecule has 1 aliphatic rings. The first-order valence-electron chi connectivity index (χ1n) is 7.87. The minimum atomic E-state index is -1.11. The van der Waals surface area contributed by atoms with Gasteiger partial charge in [-0.15, -0.1) is 0 Å². The summed E-state index contributed by atoms with van der Waals surface area (Å²) in [5.74, 6) is -2.83. The van der Waals surface area contributed by atoms with Gasteiger partial charge in [-0.3, -0.25) is 14.4 Å². The third kappa shape index (κ3) is 3.53. The Bertz CT molecular complexity index is 874. The van der Waals surface area contributed by atoms with Gasteiger partial charge in [-0.2, -0.15) is 0 Å². The maximum Gasteiger partial charge on any atom is 0.322 e. The van der Waals surface area contributed by atoms with Crippen molar-refractivity contribution in [2.24, 2.45) is 5.92 Å². The van der Waals surface area contributed by atoms with Crippen LogP contribution < -0.4 is 5.32 Å². The third-order valence-corrected chi connectivity index (χ3v) is 5.01. The van der Waals surface area contributed by atoms with Gasteiger partial charge in [0.1, 0.15) is 13.1 Å². The summed E-state index contributed by atoms with van der Waals surface area (Å²) >= 11 is 3.45. The highest BCUT2D eigenvalue weighted by Gasteiger charge is 2.29. The number of carboxylic acids is 2. The molecule has 0 radical (unpaired) electrons. The average molecular weight is 409 g/mol. The van der Waals surface area contributed by atoms with E-state index in [1.807, 2.05) is 22.8 Å². The molecule has 8 heteroatoms. The van der Waals surface area contributed by atoms with Crippen LogP contribution in [0.5, 0.6) is 0 Å². The smallest absolute Gasteiger partial charge is 0.322 e. The lowest BCUT2D eigenvalue weighted by atomic mass is 9.87. The summed E-state index contributed by atoms with van der Waals surface area (Å²) in [6.07, 6.45) is 1.57. The van der Waals surface area contributed by atoms with Crippen LogP contribution in [0.1, 0.15) is 17.7 Å². The quantitative estimate of drug-likeness (QED) is 0.698. The fourth-order valence-corrected chi connectivity index (χ4v) is 3.74. The standard InChI is InChI=1S/C17H17BrN2O5/c18-10-2-4-13-12(6-10)11-3-1-9(17(24)25)5-14(11)20(13)8-15(21)19-7-16(22)23/h2,4,6,9H,1,3,5,7-8H2,(H,19,21)(H,22,23)(H,24,25)/t9-/m1/s1. The largest absolute Gasteiger partial charge is 0.481 e. The number of carbonyl (C=O) groups excluding carboxylic acids is 1. The van der Waals surface area contributed by atoms with Crippen molar-refractivity contribution in [3.63, 3.8) is 0 Å². The maximum absolute atomic E-state index is 12.1. The molecule has 0 spiro atoms. The number of carbonyl (C=O) groups is 3. The van der Waals surface area contributed by atoms with Crippen molar-refractivity contribution >= 4 is 44.7 Å². The van der Waals surface area contributed by atoms with Gasteiger partial charge < -0.3 is 20.1 Å². The second-order valence-corrected chi connectivity index (χ2v) is 7.04. The Morgan fingerprint density at radius 2 is 2.04 bits per heavy atom. The van der Waals surface area contributed by atoms with Gasteiger partial charge in [0, 0.05) is 27.5 Å². The third-order valence-electron chi connectivity index (χ3n) is 4.52. The van der Waals surface area contributed by atoms with Crippen LogP contribution in [-0.4, -0.2) is 39.2 Å². The molecule has 0 bridgehead atoms. The zero-order chi connectivity index (χ0) is 18.1. The molecule has 1 heterocycles. The zero-order valence-corrected chi connectivity index (χ0v) is 14.9. The van der Waals surface area contributed by atoms with E-state index in [9.17, 15) is 19.5 Å². The molecule has 1 amide bonds. The normalized spacial score (nSPS) is 16.4. The lowest BCUT2D eigenvalue weighted by molar-refractivity contribution is -0.142. The van der Waals surface area contributed by atoms with Gasteiger partial charge >= 0.3 is 11.9 Å². The molecular formula is C17H17BrN2O5. The number of nitrogens with one attached hydrogen (secondary N) is 1. The van der Waals surface area contributed by atoms with E-state index in [0.29, 0.717) is 19.3 Å². The summed E-state index contributed by atoms with van der Waals surface area (Å²) < 4.78 is 2.72. The van der Waals surface area contributed by atoms with Crippen LogP contribution in [0, 0.1) is 5.92 Å². The molecule has 132 valence electrons. The number of aryl methyl sites for hydroxylation is 1. The highest BCUT2D eigenvalue weighted by Crippen LogP contribution is 2.35. The van der Waals surface area contributed by atoms with E-state index in [0.717, 1.165) is 26.6 Å². The molecule has 1 aromatic heterocycles. The molecule has 1 atom stereocenters. The first kappa shape index (κ1) is 17.5. The molecule has 1 aromatic carbocycles. The Morgan fingerprint density at radius 3 is 2.72 bits per heavy atom. The van der Waals surface area contributed by atoms with Gasteiger partial charge in [-0.25, -0.2) is 0 Å². The highest BCUT2D eigenvalue weighted by molar-refractivity contribution is 9.10. The van der Waals surface area contributed by atoms with Gasteiger partial charge in [-0.1, -0.05) is 15.9 Å². The number of fused-ring (bicyclic) bond motifs is 3. The molecule has 1 aliphatic carbocycles. The number of halogens is 1. The Morgan fingerprint density at radius 1 is 1.28 bits per heavy atom. The van der Waals surface area contributed by atoms with Gasteiger partial charge in [0.05, 0.1) is 5.92 Å². The molecule has 0 saturated heterocycles. The second kappa shape index (κ2) is 6.87. The van der Waals surface area contributed by atoms with Crippen molar-refractivity contribution < 1.29 is 24.6 Å². The minimum absolute atomic E-state index is 0.0346. The number of nitrogens with zero attached hydrogens (tertiary/aromatic N) is 1. The number of amides is 1. The molecule has 3 rings (SSSR count). The van der Waals surface area contributed by atoms with E-state index in [2.05, 4.69) is 21.2 Å². The van der Waals surface area contributed by atoms with Crippen LogP contribution >= 0.6 is 15.9 Å². The number of hydrogen-bond donors (Lipinski definition) is 3. The van der Waals surface area contributed by atoms with Crippen molar-refractivity contribution in [2.45, 2.75) is 25.8 Å². The Kier molecular flexibility index (Phi) is 4.80. The topological polar surface area (TPSA) is 109 Å². The van der Waals surface area contributed by atoms with Crippen molar-refractivity contribution in [3.05, 3.63) is 33.9 Å². The van der Waals surface area contributed by atoms with Gasteiger partial charge in [-0.05, 0) is 36.6 Å². The average Bonchev–Trinajstić information content (AvgIpc) is 2.85. The van der Waals surface area contributed by atoms with E-state index >= 15 is 0 Å². The molecule has 3 N–H and O–H groups in total. The Labute approximate surface area is 151 Å². The number of benzene rings is 1. The fraction of sp³-hybridized carbons (Fsp3) is 0.353. The van der Waals surface area contributed by atoms with Gasteiger partial charge in [0.2, 0.25) is 5.91 Å². The molecule has 0 saturated carbocycles. The van der Waals surface area contributed by atoms with Gasteiger partial charge in [0.15, 0.2) is 0 Å². The number of rotatable bonds is 5. The summed E-state index contributed by atoms with van der Waals surface area (Å²) in [6, 6.07) is 5.73. The molecule has 0 unspecified atom stereocenters. The lowest BCUT2D eigenvalue weighted by Crippen LogP contribution is -2.33.